The minimum absolute atomic E-state index is 0.172. The summed E-state index contributed by atoms with van der Waals surface area (Å²) in [6, 6.07) is 4.66. The molecular weight excluding hydrogens is 346 g/mol. The second-order valence-electron chi connectivity index (χ2n) is 4.36. The number of carbonyl (C=O) groups excluding carboxylic acids is 1. The van der Waals surface area contributed by atoms with Crippen molar-refractivity contribution in [2.45, 2.75) is 13.5 Å². The third kappa shape index (κ3) is 4.67. The molecule has 9 heteroatoms. The molecule has 0 aliphatic carbocycles. The largest absolute Gasteiger partial charge is 0.482 e. The zero-order valence-corrected chi connectivity index (χ0v) is 13.6. The third-order valence-electron chi connectivity index (χ3n) is 2.75. The van der Waals surface area contributed by atoms with Crippen LogP contribution in [0.5, 0.6) is 5.75 Å². The van der Waals surface area contributed by atoms with Gasteiger partial charge in [0.2, 0.25) is 5.95 Å². The highest BCUT2D eigenvalue weighted by molar-refractivity contribution is 6.34. The monoisotopic (exact) mass is 358 g/mol. The van der Waals surface area contributed by atoms with Gasteiger partial charge in [0.25, 0.3) is 5.91 Å². The Morgan fingerprint density at radius 1 is 1.52 bits per heavy atom. The lowest BCUT2D eigenvalue weighted by Crippen LogP contribution is -2.24. The van der Waals surface area contributed by atoms with E-state index < -0.39 is 11.9 Å². The summed E-state index contributed by atoms with van der Waals surface area (Å²) in [6.45, 7) is 1.85. The highest BCUT2D eigenvalue weighted by Crippen LogP contribution is 2.27. The molecule has 2 aromatic rings. The number of halogens is 3. The first kappa shape index (κ1) is 17.2. The number of rotatable bonds is 6. The highest BCUT2D eigenvalue weighted by Gasteiger charge is 2.08. The summed E-state index contributed by atoms with van der Waals surface area (Å²) in [5, 5.41) is 8.23. The molecule has 0 saturated carbocycles. The minimum Gasteiger partial charge on any atom is -0.482 e. The van der Waals surface area contributed by atoms with Gasteiger partial charge < -0.3 is 4.74 Å². The number of ether oxygens (including phenoxy) is 1. The van der Waals surface area contributed by atoms with Crippen LogP contribution < -0.4 is 10.2 Å². The first-order valence-electron chi connectivity index (χ1n) is 6.62. The van der Waals surface area contributed by atoms with Crippen LogP contribution in [-0.4, -0.2) is 28.5 Å². The van der Waals surface area contributed by atoms with Crippen molar-refractivity contribution >= 4 is 35.3 Å². The predicted molar refractivity (Wildman–Crippen MR) is 85.6 cm³/mol. The average Bonchev–Trinajstić information content (AvgIpc) is 2.88. The lowest BCUT2D eigenvalue weighted by Gasteiger charge is -2.07. The maximum absolute atomic E-state index is 13.7. The van der Waals surface area contributed by atoms with Crippen LogP contribution in [-0.2, 0) is 11.3 Å². The van der Waals surface area contributed by atoms with Gasteiger partial charge in [0.05, 0.1) is 23.0 Å². The molecular formula is C14H13Cl2FN4O2. The number of nitrogens with one attached hydrogen (secondary N) is 1. The van der Waals surface area contributed by atoms with Crippen molar-refractivity contribution in [3.8, 4) is 5.75 Å². The molecule has 0 atom stereocenters. The van der Waals surface area contributed by atoms with Crippen LogP contribution in [0.2, 0.25) is 10.0 Å². The van der Waals surface area contributed by atoms with E-state index in [2.05, 4.69) is 15.6 Å². The van der Waals surface area contributed by atoms with E-state index in [1.165, 1.54) is 23.2 Å². The number of aromatic nitrogens is 2. The van der Waals surface area contributed by atoms with Gasteiger partial charge in [0.1, 0.15) is 5.75 Å². The number of nitrogens with zero attached hydrogens (tertiary/aromatic N) is 3. The van der Waals surface area contributed by atoms with Gasteiger partial charge >= 0.3 is 0 Å². The number of hydrogen-bond acceptors (Lipinski definition) is 4. The average molecular weight is 359 g/mol. The lowest BCUT2D eigenvalue weighted by atomic mass is 10.3. The Bertz CT molecular complexity index is 734. The molecule has 1 amide bonds. The standard InChI is InChI=1S/C14H13Cl2FN4O2/c1-2-21-14(17)9(7-19-21)6-18-20-13(22)8-23-12-5-10(15)3-4-11(12)16/h3-7H,2,8H2,1H3,(H,20,22). The Labute approximate surface area is 141 Å². The van der Waals surface area contributed by atoms with Crippen LogP contribution in [0.4, 0.5) is 4.39 Å². The summed E-state index contributed by atoms with van der Waals surface area (Å²) in [5.74, 6) is -0.762. The molecule has 1 aromatic carbocycles. The van der Waals surface area contributed by atoms with E-state index in [-0.39, 0.29) is 17.9 Å². The zero-order chi connectivity index (χ0) is 16.8. The molecule has 23 heavy (non-hydrogen) atoms. The highest BCUT2D eigenvalue weighted by atomic mass is 35.5. The van der Waals surface area contributed by atoms with Crippen molar-refractivity contribution in [1.82, 2.24) is 15.2 Å². The van der Waals surface area contributed by atoms with E-state index in [0.717, 1.165) is 0 Å². The lowest BCUT2D eigenvalue weighted by molar-refractivity contribution is -0.123. The van der Waals surface area contributed by atoms with Crippen molar-refractivity contribution in [2.75, 3.05) is 6.61 Å². The molecule has 1 aromatic heterocycles. The molecule has 1 N–H and O–H groups in total. The van der Waals surface area contributed by atoms with Crippen LogP contribution in [0.1, 0.15) is 12.5 Å². The first-order chi connectivity index (χ1) is 11.0. The van der Waals surface area contributed by atoms with Gasteiger partial charge in [-0.2, -0.15) is 14.6 Å². The van der Waals surface area contributed by atoms with E-state index in [9.17, 15) is 9.18 Å². The number of carbonyl (C=O) groups is 1. The van der Waals surface area contributed by atoms with Gasteiger partial charge in [-0.15, -0.1) is 0 Å². The molecule has 2 rings (SSSR count). The van der Waals surface area contributed by atoms with Gasteiger partial charge in [0, 0.05) is 17.6 Å². The second kappa shape index (κ2) is 7.94. The van der Waals surface area contributed by atoms with Crippen molar-refractivity contribution in [3.63, 3.8) is 0 Å². The fourth-order valence-electron chi connectivity index (χ4n) is 1.63. The number of hydrogen-bond donors (Lipinski definition) is 1. The Balaban J connectivity index is 1.86. The summed E-state index contributed by atoms with van der Waals surface area (Å²) in [4.78, 5) is 11.6. The van der Waals surface area contributed by atoms with Gasteiger partial charge in [-0.05, 0) is 19.1 Å². The molecule has 0 saturated heterocycles. The van der Waals surface area contributed by atoms with Crippen molar-refractivity contribution in [2.24, 2.45) is 5.10 Å². The van der Waals surface area contributed by atoms with E-state index in [0.29, 0.717) is 16.6 Å². The van der Waals surface area contributed by atoms with Gasteiger partial charge in [-0.1, -0.05) is 23.2 Å². The Kier molecular flexibility index (Phi) is 5.95. The quantitative estimate of drug-likeness (QED) is 0.637. The molecule has 0 aliphatic rings. The van der Waals surface area contributed by atoms with E-state index in [1.54, 1.807) is 19.1 Å². The molecule has 6 nitrogen and oxygen atoms in total. The third-order valence-corrected chi connectivity index (χ3v) is 3.29. The smallest absolute Gasteiger partial charge is 0.277 e. The first-order valence-corrected chi connectivity index (χ1v) is 7.38. The summed E-state index contributed by atoms with van der Waals surface area (Å²) in [5.41, 5.74) is 2.39. The summed E-state index contributed by atoms with van der Waals surface area (Å²) >= 11 is 11.7. The predicted octanol–water partition coefficient (Wildman–Crippen LogP) is 2.88. The fraction of sp³-hybridized carbons (Fsp3) is 0.214. The zero-order valence-electron chi connectivity index (χ0n) is 12.1. The molecule has 122 valence electrons. The number of aryl methyl sites for hydroxylation is 1. The van der Waals surface area contributed by atoms with Gasteiger partial charge in [-0.25, -0.2) is 10.1 Å². The second-order valence-corrected chi connectivity index (χ2v) is 5.21. The molecule has 0 bridgehead atoms. The Morgan fingerprint density at radius 2 is 2.30 bits per heavy atom. The van der Waals surface area contributed by atoms with E-state index in [1.807, 2.05) is 0 Å². The van der Waals surface area contributed by atoms with Crippen LogP contribution in [0.15, 0.2) is 29.5 Å². The number of hydrazone groups is 1. The summed E-state index contributed by atoms with van der Waals surface area (Å²) in [7, 11) is 0. The maximum atomic E-state index is 13.7. The van der Waals surface area contributed by atoms with Crippen LogP contribution in [0.25, 0.3) is 0 Å². The Morgan fingerprint density at radius 3 is 3.00 bits per heavy atom. The van der Waals surface area contributed by atoms with E-state index >= 15 is 0 Å². The number of amides is 1. The van der Waals surface area contributed by atoms with Crippen molar-refractivity contribution in [1.29, 1.82) is 0 Å². The van der Waals surface area contributed by atoms with Crippen LogP contribution in [0.3, 0.4) is 0 Å². The topological polar surface area (TPSA) is 68.5 Å². The molecule has 0 radical (unpaired) electrons. The molecule has 0 fully saturated rings. The van der Waals surface area contributed by atoms with Gasteiger partial charge in [0.15, 0.2) is 6.61 Å². The SMILES string of the molecule is CCn1ncc(C=NNC(=O)COc2cc(Cl)ccc2Cl)c1F. The minimum atomic E-state index is -0.527. The molecule has 0 aliphatic heterocycles. The molecule has 0 spiro atoms. The normalized spacial score (nSPS) is 11.0. The number of benzene rings is 1. The summed E-state index contributed by atoms with van der Waals surface area (Å²) in [6.07, 6.45) is 2.48. The van der Waals surface area contributed by atoms with Crippen molar-refractivity contribution < 1.29 is 13.9 Å². The fourth-order valence-corrected chi connectivity index (χ4v) is 1.96. The van der Waals surface area contributed by atoms with Gasteiger partial charge in [-0.3, -0.25) is 4.79 Å². The Hall–Kier alpha value is -2.12. The van der Waals surface area contributed by atoms with Crippen molar-refractivity contribution in [3.05, 3.63) is 46.0 Å². The molecule has 1 heterocycles. The molecule has 0 unspecified atom stereocenters. The van der Waals surface area contributed by atoms with Crippen LogP contribution >= 0.6 is 23.2 Å². The summed E-state index contributed by atoms with van der Waals surface area (Å²) < 4.78 is 20.1. The van der Waals surface area contributed by atoms with Crippen LogP contribution in [0, 0.1) is 5.95 Å². The maximum Gasteiger partial charge on any atom is 0.277 e. The van der Waals surface area contributed by atoms with E-state index in [4.69, 9.17) is 27.9 Å².